The zero-order valence-electron chi connectivity index (χ0n) is 11.4. The summed E-state index contributed by atoms with van der Waals surface area (Å²) in [5.74, 6) is -2.56. The summed E-state index contributed by atoms with van der Waals surface area (Å²) in [4.78, 5) is -0.675. The van der Waals surface area contributed by atoms with Gasteiger partial charge in [0.1, 0.15) is 10.6 Å². The molecule has 0 saturated carbocycles. The fraction of sp³-hybridized carbons (Fsp3) is 0.0769. The summed E-state index contributed by atoms with van der Waals surface area (Å²) in [6.45, 7) is 1.34. The molecule has 3 N–H and O–H groups in total. The molecule has 0 atom stereocenters. The highest BCUT2D eigenvalue weighted by Crippen LogP contribution is 2.39. The average Bonchev–Trinajstić information content (AvgIpc) is 2.45. The first-order chi connectivity index (χ1) is 10.5. The van der Waals surface area contributed by atoms with E-state index < -0.39 is 37.9 Å². The summed E-state index contributed by atoms with van der Waals surface area (Å²) in [5.41, 5.74) is -0.732. The third-order valence-electron chi connectivity index (χ3n) is 2.89. The molecule has 0 aliphatic heterocycles. The summed E-state index contributed by atoms with van der Waals surface area (Å²) in [6.07, 6.45) is 0. The van der Waals surface area contributed by atoms with Gasteiger partial charge in [0.05, 0.1) is 10.0 Å². The number of aryl methyl sites for hydroxylation is 1. The van der Waals surface area contributed by atoms with E-state index in [2.05, 4.69) is 0 Å². The van der Waals surface area contributed by atoms with Crippen LogP contribution in [-0.4, -0.2) is 18.6 Å². The highest BCUT2D eigenvalue weighted by atomic mass is 35.5. The van der Waals surface area contributed by atoms with Gasteiger partial charge in [-0.25, -0.2) is 12.8 Å². The van der Waals surface area contributed by atoms with Gasteiger partial charge in [-0.2, -0.15) is 0 Å². The van der Waals surface area contributed by atoms with Crippen LogP contribution in [0, 0.1) is 12.7 Å². The zero-order chi connectivity index (χ0) is 17.5. The van der Waals surface area contributed by atoms with Gasteiger partial charge in [-0.1, -0.05) is 34.8 Å². The number of anilines is 1. The quantitative estimate of drug-likeness (QED) is 0.670. The van der Waals surface area contributed by atoms with Crippen LogP contribution in [0.2, 0.25) is 15.1 Å². The molecule has 0 heterocycles. The van der Waals surface area contributed by atoms with E-state index in [0.29, 0.717) is 0 Å². The number of aromatic hydroxyl groups is 2. The number of benzene rings is 2. The van der Waals surface area contributed by atoms with Crippen LogP contribution in [0.15, 0.2) is 23.1 Å². The molecular formula is C13H9Cl3FNO4S. The van der Waals surface area contributed by atoms with E-state index in [0.717, 1.165) is 18.2 Å². The minimum Gasteiger partial charge on any atom is -0.505 e. The van der Waals surface area contributed by atoms with Gasteiger partial charge in [0.2, 0.25) is 0 Å². The maximum absolute atomic E-state index is 14.1. The summed E-state index contributed by atoms with van der Waals surface area (Å²) < 4.78 is 40.6. The number of hydrogen-bond acceptors (Lipinski definition) is 4. The molecular weight excluding hydrogens is 392 g/mol. The van der Waals surface area contributed by atoms with Crippen molar-refractivity contribution in [2.24, 2.45) is 0 Å². The zero-order valence-corrected chi connectivity index (χ0v) is 14.4. The Morgan fingerprint density at radius 1 is 1.04 bits per heavy atom. The van der Waals surface area contributed by atoms with Crippen LogP contribution >= 0.6 is 34.8 Å². The molecule has 0 aliphatic carbocycles. The predicted octanol–water partition coefficient (Wildman–Crippen LogP) is 4.31. The van der Waals surface area contributed by atoms with Gasteiger partial charge in [-0.15, -0.1) is 0 Å². The Bertz CT molecular complexity index is 877. The summed E-state index contributed by atoms with van der Waals surface area (Å²) >= 11 is 17.1. The lowest BCUT2D eigenvalue weighted by molar-refractivity contribution is 0.459. The fourth-order valence-corrected chi connectivity index (χ4v) is 3.86. The molecule has 0 spiro atoms. The van der Waals surface area contributed by atoms with Gasteiger partial charge in [0.25, 0.3) is 10.0 Å². The molecule has 0 aliphatic rings. The molecule has 0 unspecified atom stereocenters. The third kappa shape index (κ3) is 3.42. The first-order valence-electron chi connectivity index (χ1n) is 5.93. The second-order valence-corrected chi connectivity index (χ2v) is 7.45. The van der Waals surface area contributed by atoms with E-state index in [1.54, 1.807) is 0 Å². The van der Waals surface area contributed by atoms with Crippen molar-refractivity contribution in [2.45, 2.75) is 11.8 Å². The van der Waals surface area contributed by atoms with E-state index in [-0.39, 0.29) is 20.6 Å². The number of hydrogen-bond donors (Lipinski definition) is 3. The number of phenolic OH excluding ortho intramolecular Hbond substituents is 2. The van der Waals surface area contributed by atoms with Crippen molar-refractivity contribution in [1.82, 2.24) is 0 Å². The van der Waals surface area contributed by atoms with Crippen molar-refractivity contribution < 1.29 is 23.0 Å². The molecule has 0 fully saturated rings. The molecule has 23 heavy (non-hydrogen) atoms. The van der Waals surface area contributed by atoms with Gasteiger partial charge >= 0.3 is 0 Å². The van der Waals surface area contributed by atoms with E-state index in [1.807, 2.05) is 4.72 Å². The van der Waals surface area contributed by atoms with E-state index in [1.165, 1.54) is 6.92 Å². The minimum atomic E-state index is -4.50. The molecule has 0 aromatic heterocycles. The first kappa shape index (κ1) is 17.9. The highest BCUT2D eigenvalue weighted by Gasteiger charge is 2.26. The first-order valence-corrected chi connectivity index (χ1v) is 8.54. The maximum Gasteiger partial charge on any atom is 0.265 e. The fourth-order valence-electron chi connectivity index (χ4n) is 1.77. The summed E-state index contributed by atoms with van der Waals surface area (Å²) in [6, 6.07) is 3.20. The van der Waals surface area contributed by atoms with E-state index in [4.69, 9.17) is 34.8 Å². The van der Waals surface area contributed by atoms with Crippen LogP contribution in [0.3, 0.4) is 0 Å². The second kappa shape index (κ2) is 6.24. The summed E-state index contributed by atoms with van der Waals surface area (Å²) in [7, 11) is -4.50. The van der Waals surface area contributed by atoms with Crippen molar-refractivity contribution in [3.8, 4) is 11.5 Å². The van der Waals surface area contributed by atoms with Crippen LogP contribution in [0.1, 0.15) is 5.56 Å². The van der Waals surface area contributed by atoms with Crippen molar-refractivity contribution in [3.63, 3.8) is 0 Å². The van der Waals surface area contributed by atoms with E-state index in [9.17, 15) is 23.0 Å². The Morgan fingerprint density at radius 3 is 2.22 bits per heavy atom. The van der Waals surface area contributed by atoms with Crippen LogP contribution < -0.4 is 4.72 Å². The highest BCUT2D eigenvalue weighted by molar-refractivity contribution is 7.92. The Labute approximate surface area is 146 Å². The topological polar surface area (TPSA) is 86.6 Å². The molecule has 0 radical (unpaired) electrons. The smallest absolute Gasteiger partial charge is 0.265 e. The lowest BCUT2D eigenvalue weighted by Gasteiger charge is -2.14. The number of sulfonamides is 1. The maximum atomic E-state index is 14.1. The van der Waals surface area contributed by atoms with Crippen LogP contribution in [0.4, 0.5) is 10.1 Å². The molecule has 10 heteroatoms. The van der Waals surface area contributed by atoms with Crippen LogP contribution in [0.25, 0.3) is 0 Å². The molecule has 5 nitrogen and oxygen atoms in total. The SMILES string of the molecule is Cc1cc(Cl)c(O)c(NS(=O)(=O)c2cc(Cl)cc(Cl)c2O)c1F. The van der Waals surface area contributed by atoms with Crippen molar-refractivity contribution in [3.05, 3.63) is 44.6 Å². The Hall–Kier alpha value is -1.41. The van der Waals surface area contributed by atoms with E-state index >= 15 is 0 Å². The van der Waals surface area contributed by atoms with Gasteiger partial charge in [-0.3, -0.25) is 4.72 Å². The molecule has 0 amide bonds. The molecule has 0 saturated heterocycles. The van der Waals surface area contributed by atoms with Gasteiger partial charge < -0.3 is 10.2 Å². The van der Waals surface area contributed by atoms with Crippen molar-refractivity contribution >= 4 is 50.5 Å². The lowest BCUT2D eigenvalue weighted by atomic mass is 10.2. The lowest BCUT2D eigenvalue weighted by Crippen LogP contribution is -2.15. The average molecular weight is 401 g/mol. The van der Waals surface area contributed by atoms with Gasteiger partial charge in [0.15, 0.2) is 17.3 Å². The van der Waals surface area contributed by atoms with Crippen molar-refractivity contribution in [2.75, 3.05) is 4.72 Å². The Balaban J connectivity index is 2.61. The molecule has 2 rings (SSSR count). The molecule has 2 aromatic rings. The molecule has 0 bridgehead atoms. The normalized spacial score (nSPS) is 11.5. The largest absolute Gasteiger partial charge is 0.505 e. The van der Waals surface area contributed by atoms with Gasteiger partial charge in [-0.05, 0) is 30.7 Å². The predicted molar refractivity (Wildman–Crippen MR) is 86.7 cm³/mol. The molecule has 124 valence electrons. The Morgan fingerprint density at radius 2 is 1.61 bits per heavy atom. The summed E-state index contributed by atoms with van der Waals surface area (Å²) in [5, 5.41) is 19.0. The number of halogens is 4. The third-order valence-corrected chi connectivity index (χ3v) is 5.05. The second-order valence-electron chi connectivity index (χ2n) is 4.55. The van der Waals surface area contributed by atoms with Crippen LogP contribution in [0.5, 0.6) is 11.5 Å². The monoisotopic (exact) mass is 399 g/mol. The standard InChI is InChI=1S/C13H9Cl3FNO4S/c1-5-2-7(15)13(20)11(10(5)17)18-23(21,22)9-4-6(14)3-8(16)12(9)19/h2-4,18-20H,1H3. The minimum absolute atomic E-state index is 0.0128. The Kier molecular flexibility index (Phi) is 4.86. The number of nitrogens with one attached hydrogen (secondary N) is 1. The van der Waals surface area contributed by atoms with Gasteiger partial charge in [0, 0.05) is 5.02 Å². The number of rotatable bonds is 3. The number of phenols is 2. The van der Waals surface area contributed by atoms with Crippen molar-refractivity contribution in [1.29, 1.82) is 0 Å². The van der Waals surface area contributed by atoms with Crippen LogP contribution in [-0.2, 0) is 10.0 Å². The molecule has 2 aromatic carbocycles.